The summed E-state index contributed by atoms with van der Waals surface area (Å²) in [5.41, 5.74) is 7.39. The molecular weight excluding hydrogens is 913 g/mol. The number of aliphatic hydroxyl groups is 2. The molecule has 4 atom stereocenters. The summed E-state index contributed by atoms with van der Waals surface area (Å²) in [6.07, 6.45) is 9.17. The maximum absolute atomic E-state index is 9.56. The van der Waals surface area contributed by atoms with Gasteiger partial charge in [0, 0.05) is 77.1 Å². The Bertz CT molecular complexity index is 2730. The number of hydrogen-bond donors (Lipinski definition) is 2. The van der Waals surface area contributed by atoms with Crippen LogP contribution < -0.4 is 9.80 Å². The van der Waals surface area contributed by atoms with Gasteiger partial charge in [0.05, 0.1) is 75.3 Å². The van der Waals surface area contributed by atoms with Crippen molar-refractivity contribution < 1.29 is 31.9 Å². The van der Waals surface area contributed by atoms with Crippen LogP contribution in [0.3, 0.4) is 0 Å². The number of ether oxygens (including phenoxy) is 4. The van der Waals surface area contributed by atoms with Crippen molar-refractivity contribution in [1.29, 1.82) is 0 Å². The molecule has 18 heteroatoms. The molecule has 72 heavy (non-hydrogen) atoms. The van der Waals surface area contributed by atoms with Crippen LogP contribution in [0.15, 0.2) is 48.8 Å². The van der Waals surface area contributed by atoms with Crippen LogP contribution in [0, 0.1) is 27.7 Å². The van der Waals surface area contributed by atoms with Gasteiger partial charge in [-0.05, 0) is 151 Å². The zero-order valence-electron chi connectivity index (χ0n) is 44.4. The summed E-state index contributed by atoms with van der Waals surface area (Å²) in [7, 11) is 0. The van der Waals surface area contributed by atoms with Crippen LogP contribution >= 0.6 is 0 Å². The third-order valence-corrected chi connectivity index (χ3v) is 15.7. The lowest BCUT2D eigenvalue weighted by Crippen LogP contribution is -2.44. The van der Waals surface area contributed by atoms with E-state index in [0.717, 1.165) is 123 Å². The second-order valence-electron chi connectivity index (χ2n) is 20.4. The van der Waals surface area contributed by atoms with Gasteiger partial charge in [0.15, 0.2) is 11.6 Å². The summed E-state index contributed by atoms with van der Waals surface area (Å²) in [4.78, 5) is 27.7. The zero-order valence-corrected chi connectivity index (χ0v) is 42.4. The first kappa shape index (κ1) is 46.6. The molecule has 0 saturated carbocycles. The van der Waals surface area contributed by atoms with Gasteiger partial charge in [0.2, 0.25) is 0 Å². The van der Waals surface area contributed by atoms with Gasteiger partial charge in [-0.1, -0.05) is 0 Å². The average molecular weight is 987 g/mol. The molecule has 2 N–H and O–H groups in total. The van der Waals surface area contributed by atoms with Crippen LogP contribution in [0.1, 0.15) is 87.0 Å². The molecule has 0 aliphatic carbocycles. The van der Waals surface area contributed by atoms with Crippen molar-refractivity contribution in [2.75, 3.05) is 115 Å². The molecule has 0 spiro atoms. The molecule has 2 unspecified atom stereocenters. The maximum Gasteiger partial charge on any atom is 0.159 e. The summed E-state index contributed by atoms with van der Waals surface area (Å²) in [5.74, 6) is 5.42. The highest BCUT2D eigenvalue weighted by Crippen LogP contribution is 2.37. The van der Waals surface area contributed by atoms with Crippen molar-refractivity contribution >= 4 is 33.4 Å². The molecule has 6 saturated heterocycles. The molecular formula is C54H72N12O6. The minimum Gasteiger partial charge on any atom is -0.394 e. The molecule has 0 bridgehead atoms. The Morgan fingerprint density at radius 3 is 1.33 bits per heavy atom. The SMILES string of the molecule is [2H]C1(N2CCC(c3cc4c(cnn4-c4cc(N5CCO[C@H](CO)C5)nc(C)n4)cc3C)CC2)CCOC1.[2H]C1(N2CCC(c3cc4c(cnn4-c4cc(N5CCO[C@H](CO)C5)nc(C)n4)cc3C)CC2)CCOC1. The van der Waals surface area contributed by atoms with Gasteiger partial charge >= 0.3 is 0 Å². The lowest BCUT2D eigenvalue weighted by atomic mass is 9.86. The van der Waals surface area contributed by atoms with E-state index in [1.165, 1.54) is 22.3 Å². The Kier molecular flexibility index (Phi) is 14.1. The number of rotatable bonds is 10. The van der Waals surface area contributed by atoms with E-state index < -0.39 is 12.0 Å². The van der Waals surface area contributed by atoms with Gasteiger partial charge in [0.1, 0.15) is 23.3 Å². The van der Waals surface area contributed by atoms with Crippen molar-refractivity contribution in [3.05, 3.63) is 82.7 Å². The number of aromatic nitrogens is 8. The van der Waals surface area contributed by atoms with E-state index >= 15 is 0 Å². The number of hydrogen-bond acceptors (Lipinski definition) is 16. The number of aliphatic hydroxyl groups excluding tert-OH is 2. The number of aryl methyl sites for hydroxylation is 4. The van der Waals surface area contributed by atoms with Crippen molar-refractivity contribution in [2.24, 2.45) is 0 Å². The second-order valence-corrected chi connectivity index (χ2v) is 20.4. The number of nitrogens with zero attached hydrogens (tertiary/aromatic N) is 12. The van der Waals surface area contributed by atoms with E-state index in [-0.39, 0.29) is 25.4 Å². The van der Waals surface area contributed by atoms with E-state index in [2.05, 4.69) is 67.7 Å². The zero-order chi connectivity index (χ0) is 51.1. The number of morpholine rings is 2. The number of benzene rings is 2. The number of fused-ring (bicyclic) bond motifs is 2. The minimum absolute atomic E-state index is 0.00513. The Hall–Kier alpha value is -5.18. The summed E-state index contributed by atoms with van der Waals surface area (Å²) in [6.45, 7) is 18.1. The molecule has 6 aliphatic rings. The smallest absolute Gasteiger partial charge is 0.159 e. The fourth-order valence-corrected chi connectivity index (χ4v) is 11.8. The summed E-state index contributed by atoms with van der Waals surface area (Å²) in [5, 5.41) is 30.7. The molecule has 6 fully saturated rings. The predicted octanol–water partition coefficient (Wildman–Crippen LogP) is 5.20. The van der Waals surface area contributed by atoms with Gasteiger partial charge < -0.3 is 39.0 Å². The van der Waals surface area contributed by atoms with Gasteiger partial charge in [-0.2, -0.15) is 10.2 Å². The minimum atomic E-state index is -0.553. The van der Waals surface area contributed by atoms with Crippen molar-refractivity contribution in [3.63, 3.8) is 0 Å². The molecule has 2 aromatic carbocycles. The Balaban J connectivity index is 0.000000159. The summed E-state index contributed by atoms with van der Waals surface area (Å²) >= 11 is 0. The molecule has 0 amide bonds. The van der Waals surface area contributed by atoms with Crippen LogP contribution in [0.5, 0.6) is 0 Å². The van der Waals surface area contributed by atoms with Crippen molar-refractivity contribution in [1.82, 2.24) is 49.3 Å². The largest absolute Gasteiger partial charge is 0.394 e. The van der Waals surface area contributed by atoms with Gasteiger partial charge in [-0.3, -0.25) is 9.80 Å². The highest BCUT2D eigenvalue weighted by molar-refractivity contribution is 5.83. The van der Waals surface area contributed by atoms with Crippen LogP contribution in [-0.4, -0.2) is 189 Å². The summed E-state index contributed by atoms with van der Waals surface area (Å²) < 4.78 is 43.7. The standard InChI is InChI=1S/2C27H36N6O3/c2*1-18-11-21-14-28-33(27-13-26(29-19(2)30-27)32-8-10-36-23(15-32)16-34)25(21)12-24(18)20-3-6-31(7-4-20)22-5-9-35-17-22/h2*11-14,20,22-23,34H,3-10,15-17H2,1-2H3/t2*22?,23-/m00/s1/i2*22D. The fourth-order valence-electron chi connectivity index (χ4n) is 11.8. The second kappa shape index (κ2) is 21.7. The Morgan fingerprint density at radius 2 is 0.944 bits per heavy atom. The van der Waals surface area contributed by atoms with Crippen molar-refractivity contribution in [2.45, 2.75) is 102 Å². The van der Waals surface area contributed by atoms with Crippen LogP contribution in [0.4, 0.5) is 11.6 Å². The molecule has 18 nitrogen and oxygen atoms in total. The number of piperidine rings is 2. The topological polar surface area (TPSA) is 178 Å². The lowest BCUT2D eigenvalue weighted by molar-refractivity contribution is 0.00333. The normalized spacial score (nSPS) is 26.6. The first-order valence-corrected chi connectivity index (χ1v) is 26.2. The predicted molar refractivity (Wildman–Crippen MR) is 276 cm³/mol. The van der Waals surface area contributed by atoms with E-state index in [0.29, 0.717) is 76.2 Å². The lowest BCUT2D eigenvalue weighted by Gasteiger charge is -2.36. The van der Waals surface area contributed by atoms with Gasteiger partial charge in [-0.15, -0.1) is 0 Å². The van der Waals surface area contributed by atoms with Crippen molar-refractivity contribution in [3.8, 4) is 11.6 Å². The van der Waals surface area contributed by atoms with Crippen LogP contribution in [0.25, 0.3) is 33.4 Å². The molecule has 0 radical (unpaired) electrons. The molecule has 6 aromatic rings. The first-order valence-electron chi connectivity index (χ1n) is 27.2. The average Bonchev–Trinajstić information content (AvgIpc) is 4.26. The highest BCUT2D eigenvalue weighted by atomic mass is 16.5. The molecule has 10 heterocycles. The van der Waals surface area contributed by atoms with E-state index in [1.54, 1.807) is 0 Å². The Morgan fingerprint density at radius 1 is 0.528 bits per heavy atom. The highest BCUT2D eigenvalue weighted by Gasteiger charge is 2.32. The molecule has 12 rings (SSSR count). The maximum atomic E-state index is 9.56. The number of likely N-dealkylation sites (tertiary alicyclic amines) is 2. The fraction of sp³-hybridized carbons (Fsp3) is 0.593. The molecule has 6 aliphatic heterocycles. The van der Waals surface area contributed by atoms with Crippen LogP contribution in [-0.2, 0) is 18.9 Å². The monoisotopic (exact) mass is 987 g/mol. The molecule has 384 valence electrons. The quantitative estimate of drug-likeness (QED) is 0.183. The third kappa shape index (κ3) is 10.5. The van der Waals surface area contributed by atoms with Crippen LogP contribution in [0.2, 0.25) is 0 Å². The first-order chi connectivity index (χ1) is 35.9. The van der Waals surface area contributed by atoms with E-state index in [4.69, 9.17) is 41.9 Å². The van der Waals surface area contributed by atoms with Gasteiger partial charge in [-0.25, -0.2) is 29.3 Å². The number of anilines is 2. The summed E-state index contributed by atoms with van der Waals surface area (Å²) in [6, 6.07) is 11.9. The Labute approximate surface area is 425 Å². The van der Waals surface area contributed by atoms with Gasteiger partial charge in [0.25, 0.3) is 0 Å². The van der Waals surface area contributed by atoms with E-state index in [1.807, 2.05) is 47.7 Å². The third-order valence-electron chi connectivity index (χ3n) is 15.7. The van der Waals surface area contributed by atoms with E-state index in [9.17, 15) is 10.2 Å². The molecule has 4 aromatic heterocycles.